The van der Waals surface area contributed by atoms with Gasteiger partial charge in [0.05, 0.1) is 7.11 Å². The predicted molar refractivity (Wildman–Crippen MR) is 138 cm³/mol. The summed E-state index contributed by atoms with van der Waals surface area (Å²) in [6, 6.07) is 17.2. The number of methoxy groups -OCH3 is 1. The average molecular weight is 510 g/mol. The first kappa shape index (κ1) is 25.7. The highest BCUT2D eigenvalue weighted by molar-refractivity contribution is 7.89. The van der Waals surface area contributed by atoms with E-state index in [0.29, 0.717) is 25.1 Å². The molecule has 2 heterocycles. The Labute approximate surface area is 212 Å². The van der Waals surface area contributed by atoms with Crippen LogP contribution in [0.2, 0.25) is 0 Å². The van der Waals surface area contributed by atoms with Crippen LogP contribution < -0.4 is 4.74 Å². The van der Waals surface area contributed by atoms with Crippen LogP contribution in [0.4, 0.5) is 0 Å². The van der Waals surface area contributed by atoms with Gasteiger partial charge in [0.25, 0.3) is 0 Å². The van der Waals surface area contributed by atoms with Gasteiger partial charge in [-0.2, -0.15) is 4.31 Å². The molecule has 9 heteroatoms. The summed E-state index contributed by atoms with van der Waals surface area (Å²) < 4.78 is 39.0. The van der Waals surface area contributed by atoms with E-state index < -0.39 is 10.0 Å². The molecule has 1 aromatic heterocycles. The van der Waals surface area contributed by atoms with Crippen LogP contribution in [0.1, 0.15) is 35.4 Å². The van der Waals surface area contributed by atoms with E-state index in [4.69, 9.17) is 9.26 Å². The molecule has 1 aliphatic rings. The molecule has 4 rings (SSSR count). The Morgan fingerprint density at radius 2 is 1.78 bits per heavy atom. The molecule has 0 aliphatic carbocycles. The molecule has 1 amide bonds. The summed E-state index contributed by atoms with van der Waals surface area (Å²) in [5.41, 5.74) is 2.24. The molecular formula is C27H31N3O5S. The molecule has 36 heavy (non-hydrogen) atoms. The molecule has 1 aliphatic heterocycles. The lowest BCUT2D eigenvalue weighted by Gasteiger charge is -2.32. The van der Waals surface area contributed by atoms with Crippen molar-refractivity contribution in [2.45, 2.75) is 31.2 Å². The van der Waals surface area contributed by atoms with Gasteiger partial charge >= 0.3 is 0 Å². The second-order valence-corrected chi connectivity index (χ2v) is 10.8. The molecule has 0 N–H and O–H groups in total. The van der Waals surface area contributed by atoms with Crippen LogP contribution >= 0.6 is 0 Å². The summed E-state index contributed by atoms with van der Waals surface area (Å²) >= 11 is 0. The highest BCUT2D eigenvalue weighted by atomic mass is 32.2. The van der Waals surface area contributed by atoms with Crippen LogP contribution in [0.15, 0.2) is 64.0 Å². The zero-order valence-electron chi connectivity index (χ0n) is 20.8. The Bertz CT molecular complexity index is 1310. The molecule has 8 nitrogen and oxygen atoms in total. The predicted octanol–water partition coefficient (Wildman–Crippen LogP) is 4.22. The van der Waals surface area contributed by atoms with Crippen molar-refractivity contribution in [1.82, 2.24) is 14.4 Å². The lowest BCUT2D eigenvalue weighted by molar-refractivity contribution is -0.135. The Kier molecular flexibility index (Phi) is 7.91. The summed E-state index contributed by atoms with van der Waals surface area (Å²) in [7, 11) is -0.442. The number of hydrogen-bond donors (Lipinski definition) is 0. The number of amides is 1. The van der Waals surface area contributed by atoms with Crippen molar-refractivity contribution < 1.29 is 22.5 Å². The third-order valence-electron chi connectivity index (χ3n) is 6.42. The highest BCUT2D eigenvalue weighted by Crippen LogP contribution is 2.30. The Morgan fingerprint density at radius 3 is 2.42 bits per heavy atom. The maximum absolute atomic E-state index is 13.5. The van der Waals surface area contributed by atoms with E-state index in [2.05, 4.69) is 5.16 Å². The van der Waals surface area contributed by atoms with Crippen molar-refractivity contribution >= 4 is 28.1 Å². The van der Waals surface area contributed by atoms with Gasteiger partial charge in [-0.15, -0.1) is 0 Å². The molecule has 0 bridgehead atoms. The highest BCUT2D eigenvalue weighted by Gasteiger charge is 2.36. The van der Waals surface area contributed by atoms with Crippen LogP contribution in [0, 0.1) is 12.8 Å². The first-order chi connectivity index (χ1) is 17.3. The van der Waals surface area contributed by atoms with E-state index in [-0.39, 0.29) is 35.6 Å². The monoisotopic (exact) mass is 509 g/mol. The number of carbonyl (C=O) groups excluding carboxylic acids is 1. The van der Waals surface area contributed by atoms with E-state index in [1.165, 1.54) is 4.31 Å². The van der Waals surface area contributed by atoms with Gasteiger partial charge in [-0.1, -0.05) is 53.7 Å². The molecule has 1 fully saturated rings. The quantitative estimate of drug-likeness (QED) is 0.451. The third-order valence-corrected chi connectivity index (χ3v) is 8.47. The zero-order valence-corrected chi connectivity index (χ0v) is 21.6. The number of carbonyl (C=O) groups is 1. The van der Waals surface area contributed by atoms with Crippen molar-refractivity contribution in [2.24, 2.45) is 5.92 Å². The molecule has 0 unspecified atom stereocenters. The number of piperidine rings is 1. The third kappa shape index (κ3) is 5.68. The SMILES string of the molecule is COc1ccc(/C=C\c2onc(C)c2S(=O)(=O)N2CCC(C(=O)N(C)Cc3ccccc3)CC2)cc1. The molecule has 0 saturated carbocycles. The van der Waals surface area contributed by atoms with Crippen LogP contribution in [-0.4, -0.2) is 55.9 Å². The van der Waals surface area contributed by atoms with Crippen LogP contribution in [0.3, 0.4) is 0 Å². The summed E-state index contributed by atoms with van der Waals surface area (Å²) in [4.78, 5) is 14.8. The molecular weight excluding hydrogens is 478 g/mol. The number of rotatable bonds is 8. The first-order valence-electron chi connectivity index (χ1n) is 11.9. The maximum Gasteiger partial charge on any atom is 0.248 e. The van der Waals surface area contributed by atoms with Crippen molar-refractivity contribution in [3.05, 3.63) is 77.2 Å². The largest absolute Gasteiger partial charge is 0.497 e. The number of hydrogen-bond acceptors (Lipinski definition) is 6. The molecule has 0 atom stereocenters. The topological polar surface area (TPSA) is 93.0 Å². The number of benzene rings is 2. The fourth-order valence-corrected chi connectivity index (χ4v) is 6.12. The molecule has 190 valence electrons. The van der Waals surface area contributed by atoms with Crippen molar-refractivity contribution in [2.75, 3.05) is 27.2 Å². The van der Waals surface area contributed by atoms with Gasteiger partial charge < -0.3 is 14.2 Å². The number of nitrogens with zero attached hydrogens (tertiary/aromatic N) is 3. The normalized spacial score (nSPS) is 15.3. The summed E-state index contributed by atoms with van der Waals surface area (Å²) in [5.74, 6) is 0.756. The molecule has 2 aromatic carbocycles. The Hall–Kier alpha value is -3.43. The fraction of sp³-hybridized carbons (Fsp3) is 0.333. The number of sulfonamides is 1. The van der Waals surface area contributed by atoms with Gasteiger partial charge in [-0.05, 0) is 49.1 Å². The van der Waals surface area contributed by atoms with Gasteiger partial charge in [0.2, 0.25) is 15.9 Å². The minimum atomic E-state index is -3.83. The fourth-order valence-electron chi connectivity index (χ4n) is 4.40. The second-order valence-electron chi connectivity index (χ2n) is 8.93. The molecule has 0 spiro atoms. The minimum Gasteiger partial charge on any atom is -0.497 e. The summed E-state index contributed by atoms with van der Waals surface area (Å²) in [6.07, 6.45) is 4.33. The van der Waals surface area contributed by atoms with Crippen LogP contribution in [0.25, 0.3) is 12.2 Å². The van der Waals surface area contributed by atoms with Gasteiger partial charge in [-0.3, -0.25) is 4.79 Å². The standard InChI is InChI=1S/C27H31N3O5S/c1-20-26(25(35-28-20)14-11-21-9-12-24(34-3)13-10-21)36(32,33)30-17-15-23(16-18-30)27(31)29(2)19-22-7-5-4-6-8-22/h4-14,23H,15-19H2,1-3H3/b14-11-. The van der Waals surface area contributed by atoms with Gasteiger partial charge in [-0.25, -0.2) is 8.42 Å². The zero-order chi connectivity index (χ0) is 25.7. The molecule has 0 radical (unpaired) electrons. The van der Waals surface area contributed by atoms with Gasteiger partial charge in [0.15, 0.2) is 10.7 Å². The summed E-state index contributed by atoms with van der Waals surface area (Å²) in [6.45, 7) is 2.69. The van der Waals surface area contributed by atoms with Crippen molar-refractivity contribution in [3.8, 4) is 5.75 Å². The number of ether oxygens (including phenoxy) is 1. The summed E-state index contributed by atoms with van der Waals surface area (Å²) in [5, 5.41) is 3.91. The van der Waals surface area contributed by atoms with E-state index in [0.717, 1.165) is 16.9 Å². The number of aromatic nitrogens is 1. The van der Waals surface area contributed by atoms with Gasteiger partial charge in [0.1, 0.15) is 11.4 Å². The lowest BCUT2D eigenvalue weighted by atomic mass is 9.96. The van der Waals surface area contributed by atoms with Crippen LogP contribution in [0.5, 0.6) is 5.75 Å². The Balaban J connectivity index is 1.42. The maximum atomic E-state index is 13.5. The second kappa shape index (κ2) is 11.1. The van der Waals surface area contributed by atoms with Crippen LogP contribution in [-0.2, 0) is 21.4 Å². The smallest absolute Gasteiger partial charge is 0.248 e. The molecule has 1 saturated heterocycles. The van der Waals surface area contributed by atoms with E-state index in [1.54, 1.807) is 38.1 Å². The lowest BCUT2D eigenvalue weighted by Crippen LogP contribution is -2.43. The molecule has 3 aromatic rings. The van der Waals surface area contributed by atoms with E-state index in [1.807, 2.05) is 54.6 Å². The van der Waals surface area contributed by atoms with Crippen molar-refractivity contribution in [1.29, 1.82) is 0 Å². The Morgan fingerprint density at radius 1 is 1.11 bits per heavy atom. The number of aryl methyl sites for hydroxylation is 1. The average Bonchev–Trinajstić information content (AvgIpc) is 3.29. The van der Waals surface area contributed by atoms with Crippen molar-refractivity contribution in [3.63, 3.8) is 0 Å². The first-order valence-corrected chi connectivity index (χ1v) is 13.3. The van der Waals surface area contributed by atoms with Gasteiger partial charge in [0, 0.05) is 32.6 Å². The minimum absolute atomic E-state index is 0.0418. The van der Waals surface area contributed by atoms with E-state index >= 15 is 0 Å². The van der Waals surface area contributed by atoms with E-state index in [9.17, 15) is 13.2 Å².